The number of carboxylic acids is 1. The lowest BCUT2D eigenvalue weighted by Gasteiger charge is -2.09. The molecule has 0 unspecified atom stereocenters. The molecular formula is C13H11FN2O4S. The van der Waals surface area contributed by atoms with Crippen LogP contribution in [0.15, 0.2) is 42.7 Å². The van der Waals surface area contributed by atoms with E-state index in [4.69, 9.17) is 5.11 Å². The zero-order chi connectivity index (χ0) is 15.5. The number of hydrogen-bond acceptors (Lipinski definition) is 4. The average Bonchev–Trinajstić information content (AvgIpc) is 2.41. The van der Waals surface area contributed by atoms with E-state index in [2.05, 4.69) is 9.71 Å². The SMILES string of the molecule is O=C(O)c1cccc(CS(=O)(=O)Nc2ccncc2F)c1. The van der Waals surface area contributed by atoms with Crippen LogP contribution in [-0.4, -0.2) is 24.5 Å². The van der Waals surface area contributed by atoms with E-state index in [-0.39, 0.29) is 16.8 Å². The molecule has 0 spiro atoms. The number of carbonyl (C=O) groups is 1. The van der Waals surface area contributed by atoms with E-state index in [1.165, 1.54) is 36.5 Å². The van der Waals surface area contributed by atoms with E-state index in [0.717, 1.165) is 6.20 Å². The van der Waals surface area contributed by atoms with Gasteiger partial charge in [0.1, 0.15) is 0 Å². The van der Waals surface area contributed by atoms with Gasteiger partial charge in [-0.2, -0.15) is 0 Å². The Bertz CT molecular complexity index is 777. The normalized spacial score (nSPS) is 11.1. The molecule has 0 amide bonds. The molecule has 0 fully saturated rings. The van der Waals surface area contributed by atoms with Crippen molar-refractivity contribution in [1.82, 2.24) is 4.98 Å². The molecule has 6 nitrogen and oxygen atoms in total. The zero-order valence-electron chi connectivity index (χ0n) is 10.7. The first-order chi connectivity index (χ1) is 9.87. The molecule has 0 saturated carbocycles. The standard InChI is InChI=1S/C13H11FN2O4S/c14-11-7-15-5-4-12(11)16-21(19,20)8-9-2-1-3-10(6-9)13(17)18/h1-7H,8H2,(H,15,16)(H,17,18). The molecule has 0 radical (unpaired) electrons. The average molecular weight is 310 g/mol. The Labute approximate surface area is 120 Å². The number of nitrogens with zero attached hydrogens (tertiary/aromatic N) is 1. The van der Waals surface area contributed by atoms with Crippen LogP contribution >= 0.6 is 0 Å². The van der Waals surface area contributed by atoms with Crippen molar-refractivity contribution in [3.8, 4) is 0 Å². The van der Waals surface area contributed by atoms with Gasteiger partial charge >= 0.3 is 5.97 Å². The van der Waals surface area contributed by atoms with E-state index in [1.54, 1.807) is 0 Å². The van der Waals surface area contributed by atoms with Crippen LogP contribution < -0.4 is 4.72 Å². The summed E-state index contributed by atoms with van der Waals surface area (Å²) in [5, 5.41) is 8.86. The molecule has 2 aromatic rings. The number of aromatic nitrogens is 1. The summed E-state index contributed by atoms with van der Waals surface area (Å²) in [6.07, 6.45) is 2.15. The summed E-state index contributed by atoms with van der Waals surface area (Å²) in [6.45, 7) is 0. The maximum Gasteiger partial charge on any atom is 0.335 e. The highest BCUT2D eigenvalue weighted by Crippen LogP contribution is 2.16. The lowest BCUT2D eigenvalue weighted by molar-refractivity contribution is 0.0696. The van der Waals surface area contributed by atoms with Crippen molar-refractivity contribution >= 4 is 21.7 Å². The minimum Gasteiger partial charge on any atom is -0.478 e. The van der Waals surface area contributed by atoms with E-state index >= 15 is 0 Å². The third-order valence-electron chi connectivity index (χ3n) is 2.57. The molecule has 110 valence electrons. The fourth-order valence-corrected chi connectivity index (χ4v) is 2.87. The van der Waals surface area contributed by atoms with Gasteiger partial charge in [-0.15, -0.1) is 0 Å². The molecule has 0 aliphatic heterocycles. The third kappa shape index (κ3) is 3.99. The van der Waals surface area contributed by atoms with Gasteiger partial charge in [-0.1, -0.05) is 12.1 Å². The molecule has 0 bridgehead atoms. The number of nitrogens with one attached hydrogen (secondary N) is 1. The Morgan fingerprint density at radius 3 is 2.76 bits per heavy atom. The summed E-state index contributed by atoms with van der Waals surface area (Å²) in [7, 11) is -3.86. The highest BCUT2D eigenvalue weighted by Gasteiger charge is 2.15. The Morgan fingerprint density at radius 1 is 1.33 bits per heavy atom. The Hall–Kier alpha value is -2.48. The van der Waals surface area contributed by atoms with Crippen molar-refractivity contribution < 1.29 is 22.7 Å². The van der Waals surface area contributed by atoms with Crippen molar-refractivity contribution in [3.63, 3.8) is 0 Å². The van der Waals surface area contributed by atoms with Crippen LogP contribution in [0.2, 0.25) is 0 Å². The highest BCUT2D eigenvalue weighted by atomic mass is 32.2. The molecule has 0 aliphatic carbocycles. The van der Waals surface area contributed by atoms with E-state index < -0.39 is 27.6 Å². The van der Waals surface area contributed by atoms with Crippen LogP contribution in [0.3, 0.4) is 0 Å². The maximum atomic E-state index is 13.4. The first kappa shape index (κ1) is 14.9. The predicted octanol–water partition coefficient (Wildman–Crippen LogP) is 1.86. The molecule has 21 heavy (non-hydrogen) atoms. The topological polar surface area (TPSA) is 96.4 Å². The monoisotopic (exact) mass is 310 g/mol. The lowest BCUT2D eigenvalue weighted by atomic mass is 10.1. The molecule has 1 aromatic carbocycles. The van der Waals surface area contributed by atoms with Gasteiger partial charge in [0.25, 0.3) is 0 Å². The molecule has 8 heteroatoms. The molecule has 2 N–H and O–H groups in total. The Balaban J connectivity index is 2.20. The van der Waals surface area contributed by atoms with Crippen LogP contribution in [0, 0.1) is 5.82 Å². The first-order valence-electron chi connectivity index (χ1n) is 5.79. The second-order valence-corrected chi connectivity index (χ2v) is 5.94. The van der Waals surface area contributed by atoms with Crippen molar-refractivity contribution in [3.05, 3.63) is 59.7 Å². The third-order valence-corrected chi connectivity index (χ3v) is 3.81. The molecule has 1 aromatic heterocycles. The number of rotatable bonds is 5. The van der Waals surface area contributed by atoms with Crippen molar-refractivity contribution in [2.24, 2.45) is 0 Å². The minimum atomic E-state index is -3.86. The van der Waals surface area contributed by atoms with Gasteiger partial charge in [0.2, 0.25) is 10.0 Å². The van der Waals surface area contributed by atoms with Crippen molar-refractivity contribution in [2.75, 3.05) is 4.72 Å². The van der Waals surface area contributed by atoms with Crippen molar-refractivity contribution in [1.29, 1.82) is 0 Å². The van der Waals surface area contributed by atoms with Crippen LogP contribution in [0.1, 0.15) is 15.9 Å². The van der Waals surface area contributed by atoms with Gasteiger partial charge in [-0.05, 0) is 23.8 Å². The zero-order valence-corrected chi connectivity index (χ0v) is 11.5. The molecular weight excluding hydrogens is 299 g/mol. The Kier molecular flexibility index (Phi) is 4.18. The fraction of sp³-hybridized carbons (Fsp3) is 0.0769. The summed E-state index contributed by atoms with van der Waals surface area (Å²) in [5.41, 5.74) is 0.0639. The van der Waals surface area contributed by atoms with Crippen LogP contribution in [0.4, 0.5) is 10.1 Å². The summed E-state index contributed by atoms with van der Waals surface area (Å²) in [5.74, 6) is -2.40. The largest absolute Gasteiger partial charge is 0.478 e. The van der Waals surface area contributed by atoms with Crippen molar-refractivity contribution in [2.45, 2.75) is 5.75 Å². The number of sulfonamides is 1. The molecule has 0 atom stereocenters. The molecule has 1 heterocycles. The van der Waals surface area contributed by atoms with E-state index in [1.807, 2.05) is 0 Å². The number of aromatic carboxylic acids is 1. The van der Waals surface area contributed by atoms with Gasteiger partial charge in [0, 0.05) is 6.20 Å². The Morgan fingerprint density at radius 2 is 2.10 bits per heavy atom. The quantitative estimate of drug-likeness (QED) is 0.878. The number of pyridine rings is 1. The van der Waals surface area contributed by atoms with Gasteiger partial charge in [-0.3, -0.25) is 9.71 Å². The van der Waals surface area contributed by atoms with E-state index in [9.17, 15) is 17.6 Å². The van der Waals surface area contributed by atoms with Gasteiger partial charge < -0.3 is 5.11 Å². The predicted molar refractivity (Wildman–Crippen MR) is 73.8 cm³/mol. The van der Waals surface area contributed by atoms with Gasteiger partial charge in [0.05, 0.1) is 23.2 Å². The molecule has 0 aliphatic rings. The number of benzene rings is 1. The van der Waals surface area contributed by atoms with Crippen LogP contribution in [-0.2, 0) is 15.8 Å². The minimum absolute atomic E-state index is 0.0159. The van der Waals surface area contributed by atoms with Crippen LogP contribution in [0.25, 0.3) is 0 Å². The first-order valence-corrected chi connectivity index (χ1v) is 7.45. The maximum absolute atomic E-state index is 13.4. The fourth-order valence-electron chi connectivity index (χ4n) is 1.68. The molecule has 2 rings (SSSR count). The molecule has 0 saturated heterocycles. The smallest absolute Gasteiger partial charge is 0.335 e. The second-order valence-electron chi connectivity index (χ2n) is 4.22. The number of carboxylic acid groups (broad SMARTS) is 1. The van der Waals surface area contributed by atoms with Gasteiger partial charge in [0.15, 0.2) is 5.82 Å². The lowest BCUT2D eigenvalue weighted by Crippen LogP contribution is -2.16. The summed E-state index contributed by atoms with van der Waals surface area (Å²) < 4.78 is 39.4. The number of anilines is 1. The summed E-state index contributed by atoms with van der Waals surface area (Å²) >= 11 is 0. The van der Waals surface area contributed by atoms with Crippen LogP contribution in [0.5, 0.6) is 0 Å². The summed E-state index contributed by atoms with van der Waals surface area (Å²) in [4.78, 5) is 14.3. The van der Waals surface area contributed by atoms with E-state index in [0.29, 0.717) is 0 Å². The second kappa shape index (κ2) is 5.88. The van der Waals surface area contributed by atoms with Gasteiger partial charge in [-0.25, -0.2) is 17.6 Å². The highest BCUT2D eigenvalue weighted by molar-refractivity contribution is 7.91. The number of hydrogen-bond donors (Lipinski definition) is 2. The number of halogens is 1. The summed E-state index contributed by atoms with van der Waals surface area (Å²) in [6, 6.07) is 6.73.